The van der Waals surface area contributed by atoms with Crippen molar-refractivity contribution in [3.05, 3.63) is 72.2 Å². The summed E-state index contributed by atoms with van der Waals surface area (Å²) in [6.45, 7) is 3.14. The molecule has 152 valence electrons. The number of benzene rings is 1. The molecule has 2 fully saturated rings. The Bertz CT molecular complexity index is 1090. The van der Waals surface area contributed by atoms with Crippen LogP contribution in [0.2, 0.25) is 0 Å². The van der Waals surface area contributed by atoms with Crippen LogP contribution in [0.5, 0.6) is 0 Å². The van der Waals surface area contributed by atoms with Crippen LogP contribution in [-0.4, -0.2) is 68.7 Å². The lowest BCUT2D eigenvalue weighted by Crippen LogP contribution is -2.66. The average Bonchev–Trinajstić information content (AvgIpc) is 2.78. The maximum Gasteiger partial charge on any atom is 0.247 e. The first-order valence-corrected chi connectivity index (χ1v) is 10.2. The summed E-state index contributed by atoms with van der Waals surface area (Å²) in [6.07, 6.45) is 3.50. The van der Waals surface area contributed by atoms with Crippen molar-refractivity contribution in [1.82, 2.24) is 24.7 Å². The van der Waals surface area contributed by atoms with E-state index in [2.05, 4.69) is 33.1 Å². The number of amides is 2. The normalized spacial score (nSPS) is 19.9. The highest BCUT2D eigenvalue weighted by molar-refractivity contribution is 5.95. The molecule has 2 aliphatic rings. The molecular weight excluding hydrogens is 378 g/mol. The van der Waals surface area contributed by atoms with Crippen molar-refractivity contribution in [3.63, 3.8) is 0 Å². The number of hydrogen-bond acceptors (Lipinski definition) is 5. The van der Waals surface area contributed by atoms with E-state index in [0.717, 1.165) is 29.7 Å². The molecule has 5 rings (SSSR count). The molecule has 30 heavy (non-hydrogen) atoms. The van der Waals surface area contributed by atoms with Gasteiger partial charge in [-0.15, -0.1) is 0 Å². The first-order chi connectivity index (χ1) is 14.7. The molecule has 0 aliphatic carbocycles. The molecule has 0 bridgehead atoms. The zero-order chi connectivity index (χ0) is 20.5. The van der Waals surface area contributed by atoms with Crippen LogP contribution in [0.4, 0.5) is 0 Å². The van der Waals surface area contributed by atoms with Crippen molar-refractivity contribution in [2.24, 2.45) is 0 Å². The van der Waals surface area contributed by atoms with Crippen LogP contribution in [0.3, 0.4) is 0 Å². The first kappa shape index (κ1) is 18.7. The maximum absolute atomic E-state index is 13.2. The average molecular weight is 401 g/mol. The Morgan fingerprint density at radius 1 is 0.933 bits per heavy atom. The third-order valence-electron chi connectivity index (χ3n) is 5.86. The van der Waals surface area contributed by atoms with Gasteiger partial charge in [-0.1, -0.05) is 18.2 Å². The van der Waals surface area contributed by atoms with Gasteiger partial charge in [0.2, 0.25) is 11.8 Å². The summed E-state index contributed by atoms with van der Waals surface area (Å²) in [4.78, 5) is 40.1. The molecule has 2 aliphatic heterocycles. The van der Waals surface area contributed by atoms with Crippen LogP contribution in [0, 0.1) is 0 Å². The lowest BCUT2D eigenvalue weighted by Gasteiger charge is -2.46. The van der Waals surface area contributed by atoms with Crippen LogP contribution >= 0.6 is 0 Å². The van der Waals surface area contributed by atoms with E-state index in [4.69, 9.17) is 0 Å². The van der Waals surface area contributed by atoms with Gasteiger partial charge in [0.05, 0.1) is 17.8 Å². The van der Waals surface area contributed by atoms with E-state index in [-0.39, 0.29) is 18.4 Å². The quantitative estimate of drug-likeness (QED) is 0.665. The van der Waals surface area contributed by atoms with E-state index in [1.165, 1.54) is 5.56 Å². The molecule has 4 heterocycles. The van der Waals surface area contributed by atoms with Gasteiger partial charge >= 0.3 is 0 Å². The molecule has 0 radical (unpaired) electrons. The highest BCUT2D eigenvalue weighted by Crippen LogP contribution is 2.22. The molecule has 1 unspecified atom stereocenters. The largest absolute Gasteiger partial charge is 0.327 e. The number of aromatic nitrogens is 2. The van der Waals surface area contributed by atoms with E-state index < -0.39 is 6.04 Å². The van der Waals surface area contributed by atoms with Gasteiger partial charge in [0.1, 0.15) is 12.6 Å². The van der Waals surface area contributed by atoms with Gasteiger partial charge in [-0.25, -0.2) is 0 Å². The number of fused-ring (bicyclic) bond motifs is 2. The van der Waals surface area contributed by atoms with E-state index >= 15 is 0 Å². The van der Waals surface area contributed by atoms with E-state index in [1.54, 1.807) is 22.2 Å². The summed E-state index contributed by atoms with van der Waals surface area (Å²) in [7, 11) is 0. The smallest absolute Gasteiger partial charge is 0.247 e. The molecule has 0 spiro atoms. The van der Waals surface area contributed by atoms with Crippen molar-refractivity contribution in [2.45, 2.75) is 19.1 Å². The molecule has 2 amide bonds. The number of rotatable bonds is 4. The molecule has 7 heteroatoms. The lowest BCUT2D eigenvalue weighted by molar-refractivity contribution is -0.160. The van der Waals surface area contributed by atoms with Crippen LogP contribution in [0.15, 0.2) is 60.9 Å². The fourth-order valence-corrected chi connectivity index (χ4v) is 4.34. The molecule has 3 aromatic rings. The Kier molecular flexibility index (Phi) is 4.88. The topological polar surface area (TPSA) is 69.6 Å². The summed E-state index contributed by atoms with van der Waals surface area (Å²) in [5.74, 6) is 0.0274. The summed E-state index contributed by atoms with van der Waals surface area (Å²) in [5.41, 5.74) is 2.96. The minimum atomic E-state index is -0.425. The number of piperazine rings is 2. The molecule has 1 aromatic carbocycles. The van der Waals surface area contributed by atoms with Crippen molar-refractivity contribution in [3.8, 4) is 0 Å². The Morgan fingerprint density at radius 2 is 1.83 bits per heavy atom. The van der Waals surface area contributed by atoms with Gasteiger partial charge in [-0.2, -0.15) is 0 Å². The van der Waals surface area contributed by atoms with Crippen LogP contribution in [-0.2, 0) is 22.7 Å². The number of carbonyl (C=O) groups is 2. The predicted octanol–water partition coefficient (Wildman–Crippen LogP) is 1.69. The molecule has 0 N–H and O–H groups in total. The molecular formula is C23H23N5O2. The van der Waals surface area contributed by atoms with Gasteiger partial charge in [0.25, 0.3) is 0 Å². The fraction of sp³-hybridized carbons (Fsp3) is 0.304. The van der Waals surface area contributed by atoms with Crippen molar-refractivity contribution in [1.29, 1.82) is 0 Å². The molecule has 0 saturated carbocycles. The van der Waals surface area contributed by atoms with Crippen LogP contribution in [0.1, 0.15) is 11.3 Å². The SMILES string of the molecule is O=C1C2CN(Cc3ccc4ncccc4c3)CCN2C(=O)CN1Cc1ccccn1. The first-order valence-electron chi connectivity index (χ1n) is 10.2. The van der Waals surface area contributed by atoms with E-state index in [9.17, 15) is 9.59 Å². The maximum atomic E-state index is 13.2. The Balaban J connectivity index is 1.30. The lowest BCUT2D eigenvalue weighted by atomic mass is 10.0. The molecule has 7 nitrogen and oxygen atoms in total. The highest BCUT2D eigenvalue weighted by atomic mass is 16.2. The second-order valence-electron chi connectivity index (χ2n) is 7.88. The predicted molar refractivity (Wildman–Crippen MR) is 112 cm³/mol. The highest BCUT2D eigenvalue weighted by Gasteiger charge is 2.42. The zero-order valence-electron chi connectivity index (χ0n) is 16.6. The van der Waals surface area contributed by atoms with Gasteiger partial charge in [0, 0.05) is 44.0 Å². The Hall–Kier alpha value is -3.32. The van der Waals surface area contributed by atoms with E-state index in [1.807, 2.05) is 30.3 Å². The van der Waals surface area contributed by atoms with Crippen molar-refractivity contribution >= 4 is 22.7 Å². The number of hydrogen-bond donors (Lipinski definition) is 0. The van der Waals surface area contributed by atoms with Crippen LogP contribution in [0.25, 0.3) is 10.9 Å². The minimum absolute atomic E-state index is 0.00710. The Labute approximate surface area is 174 Å². The molecule has 2 aromatic heterocycles. The van der Waals surface area contributed by atoms with Crippen molar-refractivity contribution < 1.29 is 9.59 Å². The summed E-state index contributed by atoms with van der Waals surface area (Å²) in [5, 5.41) is 1.11. The minimum Gasteiger partial charge on any atom is -0.327 e. The molecule has 2 saturated heterocycles. The van der Waals surface area contributed by atoms with Gasteiger partial charge in [-0.05, 0) is 35.9 Å². The molecule has 1 atom stereocenters. The van der Waals surface area contributed by atoms with Gasteiger partial charge in [0.15, 0.2) is 0 Å². The third kappa shape index (κ3) is 3.64. The number of carbonyl (C=O) groups excluding carboxylic acids is 2. The number of nitrogens with zero attached hydrogens (tertiary/aromatic N) is 5. The second kappa shape index (κ2) is 7.84. The Morgan fingerprint density at radius 3 is 2.70 bits per heavy atom. The second-order valence-corrected chi connectivity index (χ2v) is 7.88. The van der Waals surface area contributed by atoms with E-state index in [0.29, 0.717) is 19.6 Å². The van der Waals surface area contributed by atoms with Gasteiger partial charge < -0.3 is 9.80 Å². The summed E-state index contributed by atoms with van der Waals surface area (Å²) in [6, 6.07) is 15.5. The fourth-order valence-electron chi connectivity index (χ4n) is 4.34. The monoisotopic (exact) mass is 401 g/mol. The van der Waals surface area contributed by atoms with Crippen molar-refractivity contribution in [2.75, 3.05) is 26.2 Å². The summed E-state index contributed by atoms with van der Waals surface area (Å²) < 4.78 is 0. The van der Waals surface area contributed by atoms with Gasteiger partial charge in [-0.3, -0.25) is 24.5 Å². The number of pyridine rings is 2. The van der Waals surface area contributed by atoms with Crippen LogP contribution < -0.4 is 0 Å². The standard InChI is InChI=1S/C23H23N5O2/c29-22-16-27(14-19-5-1-2-8-24-19)23(30)21-15-26(10-11-28(21)22)13-17-6-7-20-18(12-17)4-3-9-25-20/h1-9,12,21H,10-11,13-16H2. The third-order valence-corrected chi connectivity index (χ3v) is 5.86. The summed E-state index contributed by atoms with van der Waals surface area (Å²) >= 11 is 0. The zero-order valence-corrected chi connectivity index (χ0v) is 16.6.